The Bertz CT molecular complexity index is 665. The minimum Gasteiger partial charge on any atom is -0.396 e. The van der Waals surface area contributed by atoms with Gasteiger partial charge < -0.3 is 10.4 Å². The van der Waals surface area contributed by atoms with Gasteiger partial charge in [-0.15, -0.1) is 11.3 Å². The number of aromatic nitrogens is 1. The normalized spacial score (nSPS) is 15.5. The fraction of sp³-hybridized carbons (Fsp3) is 0.375. The van der Waals surface area contributed by atoms with Crippen LogP contribution in [0.15, 0.2) is 29.6 Å². The van der Waals surface area contributed by atoms with E-state index in [1.54, 1.807) is 17.5 Å². The smallest absolute Gasteiger partial charge is 0.270 e. The number of benzene rings is 1. The van der Waals surface area contributed by atoms with Crippen LogP contribution in [0.5, 0.6) is 0 Å². The molecule has 1 heterocycles. The van der Waals surface area contributed by atoms with Crippen LogP contribution in [-0.4, -0.2) is 29.1 Å². The Morgan fingerprint density at radius 1 is 1.36 bits per heavy atom. The zero-order valence-corrected chi connectivity index (χ0v) is 12.8. The Kier molecular flexibility index (Phi) is 4.22. The van der Waals surface area contributed by atoms with Gasteiger partial charge >= 0.3 is 0 Å². The molecule has 0 aliphatic heterocycles. The number of nitrogens with one attached hydrogen (secondary N) is 1. The molecule has 0 unspecified atom stereocenters. The number of rotatable bonds is 6. The molecule has 1 amide bonds. The van der Waals surface area contributed by atoms with E-state index in [0.717, 1.165) is 23.4 Å². The maximum Gasteiger partial charge on any atom is 0.270 e. The van der Waals surface area contributed by atoms with Gasteiger partial charge in [0.2, 0.25) is 0 Å². The van der Waals surface area contributed by atoms with Gasteiger partial charge in [-0.25, -0.2) is 9.37 Å². The van der Waals surface area contributed by atoms with Crippen molar-refractivity contribution in [1.82, 2.24) is 10.3 Å². The summed E-state index contributed by atoms with van der Waals surface area (Å²) in [7, 11) is 0. The molecule has 0 bridgehead atoms. The fourth-order valence-corrected chi connectivity index (χ4v) is 3.01. The highest BCUT2D eigenvalue weighted by Crippen LogP contribution is 2.44. The molecule has 0 radical (unpaired) electrons. The van der Waals surface area contributed by atoms with Crippen molar-refractivity contribution < 1.29 is 14.3 Å². The molecule has 0 spiro atoms. The highest BCUT2D eigenvalue weighted by atomic mass is 32.1. The molecule has 2 aromatic rings. The minimum absolute atomic E-state index is 0.109. The Hall–Kier alpha value is -1.79. The molecule has 1 aromatic heterocycles. The molecule has 1 fully saturated rings. The van der Waals surface area contributed by atoms with E-state index in [-0.39, 0.29) is 23.7 Å². The topological polar surface area (TPSA) is 62.2 Å². The standard InChI is InChI=1S/C16H17FN2O2S/c17-12-3-1-11(2-4-12)7-14-19-13(8-22-14)15(21)18-9-16(10-20)5-6-16/h1-4,8,20H,5-7,9-10H2,(H,18,21). The van der Waals surface area contributed by atoms with Crippen LogP contribution in [0.4, 0.5) is 4.39 Å². The molecule has 0 saturated heterocycles. The van der Waals surface area contributed by atoms with Crippen molar-refractivity contribution in [1.29, 1.82) is 0 Å². The second kappa shape index (κ2) is 6.14. The van der Waals surface area contributed by atoms with E-state index in [1.165, 1.54) is 23.5 Å². The number of hydrogen-bond donors (Lipinski definition) is 2. The predicted molar refractivity (Wildman–Crippen MR) is 82.4 cm³/mol. The first kappa shape index (κ1) is 15.1. The summed E-state index contributed by atoms with van der Waals surface area (Å²) in [5, 5.41) is 14.6. The van der Waals surface area contributed by atoms with E-state index >= 15 is 0 Å². The van der Waals surface area contributed by atoms with Crippen LogP contribution in [0.2, 0.25) is 0 Å². The molecule has 1 aliphatic rings. The first-order valence-electron chi connectivity index (χ1n) is 7.18. The maximum atomic E-state index is 12.9. The van der Waals surface area contributed by atoms with Crippen LogP contribution in [0.25, 0.3) is 0 Å². The van der Waals surface area contributed by atoms with Crippen LogP contribution in [-0.2, 0) is 6.42 Å². The van der Waals surface area contributed by atoms with Gasteiger partial charge in [0.05, 0.1) is 11.6 Å². The second-order valence-electron chi connectivity index (χ2n) is 5.77. The quantitative estimate of drug-likeness (QED) is 0.859. The summed E-state index contributed by atoms with van der Waals surface area (Å²) in [4.78, 5) is 16.4. The van der Waals surface area contributed by atoms with Crippen molar-refractivity contribution in [2.75, 3.05) is 13.2 Å². The monoisotopic (exact) mass is 320 g/mol. The van der Waals surface area contributed by atoms with Crippen LogP contribution in [0.3, 0.4) is 0 Å². The third-order valence-electron chi connectivity index (χ3n) is 3.97. The van der Waals surface area contributed by atoms with Gasteiger partial charge in [0, 0.05) is 23.8 Å². The summed E-state index contributed by atoms with van der Waals surface area (Å²) < 4.78 is 12.9. The number of thiazole rings is 1. The van der Waals surface area contributed by atoms with E-state index in [2.05, 4.69) is 10.3 Å². The Labute approximate surface area is 132 Å². The lowest BCUT2D eigenvalue weighted by Crippen LogP contribution is -2.32. The van der Waals surface area contributed by atoms with Crippen LogP contribution in [0.1, 0.15) is 33.9 Å². The number of carbonyl (C=O) groups excluding carboxylic acids is 1. The average Bonchev–Trinajstić information content (AvgIpc) is 3.17. The largest absolute Gasteiger partial charge is 0.396 e. The zero-order chi connectivity index (χ0) is 15.6. The van der Waals surface area contributed by atoms with Gasteiger partial charge in [-0.05, 0) is 30.5 Å². The predicted octanol–water partition coefficient (Wildman–Crippen LogP) is 2.38. The van der Waals surface area contributed by atoms with Gasteiger partial charge in [0.25, 0.3) is 5.91 Å². The van der Waals surface area contributed by atoms with Crippen molar-refractivity contribution in [2.24, 2.45) is 5.41 Å². The van der Waals surface area contributed by atoms with E-state index in [0.29, 0.717) is 18.7 Å². The highest BCUT2D eigenvalue weighted by molar-refractivity contribution is 7.09. The Balaban J connectivity index is 1.58. The maximum absolute atomic E-state index is 12.9. The molecule has 1 saturated carbocycles. The first-order chi connectivity index (χ1) is 10.6. The number of amides is 1. The molecule has 2 N–H and O–H groups in total. The lowest BCUT2D eigenvalue weighted by Gasteiger charge is -2.11. The van der Waals surface area contributed by atoms with Gasteiger partial charge in [-0.1, -0.05) is 12.1 Å². The van der Waals surface area contributed by atoms with E-state index in [1.807, 2.05) is 0 Å². The molecule has 3 rings (SSSR count). The van der Waals surface area contributed by atoms with E-state index in [4.69, 9.17) is 0 Å². The molecule has 0 atom stereocenters. The SMILES string of the molecule is O=C(NCC1(CO)CC1)c1csc(Cc2ccc(F)cc2)n1. The Morgan fingerprint density at radius 2 is 2.09 bits per heavy atom. The van der Waals surface area contributed by atoms with Crippen molar-refractivity contribution >= 4 is 17.2 Å². The Morgan fingerprint density at radius 3 is 2.73 bits per heavy atom. The number of carbonyl (C=O) groups is 1. The molecular weight excluding hydrogens is 303 g/mol. The van der Waals surface area contributed by atoms with E-state index in [9.17, 15) is 14.3 Å². The van der Waals surface area contributed by atoms with Gasteiger partial charge in [-0.2, -0.15) is 0 Å². The van der Waals surface area contributed by atoms with Crippen LogP contribution in [0, 0.1) is 11.2 Å². The number of halogens is 1. The number of aliphatic hydroxyl groups is 1. The minimum atomic E-state index is -0.263. The van der Waals surface area contributed by atoms with Crippen molar-refractivity contribution in [3.05, 3.63) is 51.7 Å². The second-order valence-corrected chi connectivity index (χ2v) is 6.71. The van der Waals surface area contributed by atoms with Gasteiger partial charge in [0.15, 0.2) is 0 Å². The van der Waals surface area contributed by atoms with Crippen molar-refractivity contribution in [2.45, 2.75) is 19.3 Å². The average molecular weight is 320 g/mol. The summed E-state index contributed by atoms with van der Waals surface area (Å²) in [5.41, 5.74) is 1.25. The van der Waals surface area contributed by atoms with Crippen molar-refractivity contribution in [3.8, 4) is 0 Å². The first-order valence-corrected chi connectivity index (χ1v) is 8.06. The fourth-order valence-electron chi connectivity index (χ4n) is 2.20. The number of hydrogen-bond acceptors (Lipinski definition) is 4. The summed E-state index contributed by atoms with van der Waals surface area (Å²) in [6, 6.07) is 6.27. The summed E-state index contributed by atoms with van der Waals surface area (Å²) in [5.74, 6) is -0.470. The summed E-state index contributed by atoms with van der Waals surface area (Å²) in [6.07, 6.45) is 2.49. The highest BCUT2D eigenvalue weighted by Gasteiger charge is 2.42. The van der Waals surface area contributed by atoms with E-state index < -0.39 is 0 Å². The van der Waals surface area contributed by atoms with Crippen molar-refractivity contribution in [3.63, 3.8) is 0 Å². The van der Waals surface area contributed by atoms with Crippen LogP contribution >= 0.6 is 11.3 Å². The summed E-state index contributed by atoms with van der Waals surface area (Å²) in [6.45, 7) is 0.604. The number of aliphatic hydroxyl groups excluding tert-OH is 1. The lowest BCUT2D eigenvalue weighted by molar-refractivity contribution is 0.0930. The molecular formula is C16H17FN2O2S. The molecule has 1 aliphatic carbocycles. The van der Waals surface area contributed by atoms with Gasteiger partial charge in [0.1, 0.15) is 11.5 Å². The summed E-state index contributed by atoms with van der Waals surface area (Å²) >= 11 is 1.42. The molecule has 6 heteroatoms. The molecule has 1 aromatic carbocycles. The zero-order valence-electron chi connectivity index (χ0n) is 12.0. The number of nitrogens with zero attached hydrogens (tertiary/aromatic N) is 1. The third-order valence-corrected chi connectivity index (χ3v) is 4.82. The molecule has 116 valence electrons. The third kappa shape index (κ3) is 3.51. The molecule has 4 nitrogen and oxygen atoms in total. The lowest BCUT2D eigenvalue weighted by atomic mass is 10.1. The van der Waals surface area contributed by atoms with Crippen LogP contribution < -0.4 is 5.32 Å². The van der Waals surface area contributed by atoms with Gasteiger partial charge in [-0.3, -0.25) is 4.79 Å². The molecule has 22 heavy (non-hydrogen) atoms.